The van der Waals surface area contributed by atoms with Crippen LogP contribution in [0.3, 0.4) is 0 Å². The molecule has 0 radical (unpaired) electrons. The Morgan fingerprint density at radius 1 is 1.17 bits per heavy atom. The quantitative estimate of drug-likeness (QED) is 0.260. The topological polar surface area (TPSA) is 203 Å². The van der Waals surface area contributed by atoms with Crippen molar-refractivity contribution in [3.63, 3.8) is 0 Å². The van der Waals surface area contributed by atoms with Crippen molar-refractivity contribution >= 4 is 23.5 Å². The van der Waals surface area contributed by atoms with Gasteiger partial charge < -0.3 is 41.1 Å². The number of aliphatic hydroxyl groups excluding tert-OH is 2. The van der Waals surface area contributed by atoms with Gasteiger partial charge in [-0.05, 0) is 56.0 Å². The zero-order valence-corrected chi connectivity index (χ0v) is 23.8. The largest absolute Gasteiger partial charge is 0.510 e. The van der Waals surface area contributed by atoms with Crippen molar-refractivity contribution in [2.45, 2.75) is 44.4 Å². The third-order valence-corrected chi connectivity index (χ3v) is 9.00. The van der Waals surface area contributed by atoms with E-state index in [-0.39, 0.29) is 42.3 Å². The highest BCUT2D eigenvalue weighted by Crippen LogP contribution is 2.52. The van der Waals surface area contributed by atoms with Crippen LogP contribution in [0.1, 0.15) is 40.4 Å². The lowest BCUT2D eigenvalue weighted by Gasteiger charge is -2.50. The summed E-state index contributed by atoms with van der Waals surface area (Å²) >= 11 is 0. The normalized spacial score (nSPS) is 27.5. The number of fused-ring (bicyclic) bond motifs is 3. The lowest BCUT2D eigenvalue weighted by molar-refractivity contribution is -0.148. The molecule has 0 spiro atoms. The zero-order valence-electron chi connectivity index (χ0n) is 23.8. The van der Waals surface area contributed by atoms with Crippen LogP contribution in [0.2, 0.25) is 0 Å². The van der Waals surface area contributed by atoms with Gasteiger partial charge >= 0.3 is 6.03 Å². The number of carbonyl (C=O) groups excluding carboxylic acids is 4. The van der Waals surface area contributed by atoms with E-state index in [1.54, 1.807) is 32.0 Å². The molecule has 1 aliphatic heterocycles. The first-order valence-corrected chi connectivity index (χ1v) is 14.0. The molecule has 0 saturated carbocycles. The molecule has 1 aromatic carbocycles. The van der Waals surface area contributed by atoms with Crippen molar-refractivity contribution < 1.29 is 44.3 Å². The van der Waals surface area contributed by atoms with Crippen LogP contribution in [0.5, 0.6) is 5.75 Å². The number of rotatable bonds is 5. The maximum atomic E-state index is 14.0. The molecular formula is C29H36N4O9. The summed E-state index contributed by atoms with van der Waals surface area (Å²) in [6.07, 6.45) is 0.503. The van der Waals surface area contributed by atoms with E-state index in [1.165, 1.54) is 4.90 Å². The molecule has 3 aliphatic carbocycles. The van der Waals surface area contributed by atoms with Gasteiger partial charge in [-0.2, -0.15) is 0 Å². The van der Waals surface area contributed by atoms with Gasteiger partial charge in [0, 0.05) is 31.1 Å². The van der Waals surface area contributed by atoms with Gasteiger partial charge in [-0.15, -0.1) is 0 Å². The summed E-state index contributed by atoms with van der Waals surface area (Å²) in [6, 6.07) is 0.386. The van der Waals surface area contributed by atoms with Crippen LogP contribution in [0.15, 0.2) is 28.7 Å². The number of morpholine rings is 1. The van der Waals surface area contributed by atoms with Gasteiger partial charge in [0.2, 0.25) is 5.78 Å². The van der Waals surface area contributed by atoms with Crippen LogP contribution in [-0.4, -0.2) is 106 Å². The van der Waals surface area contributed by atoms with Gasteiger partial charge in [0.15, 0.2) is 11.4 Å². The van der Waals surface area contributed by atoms with E-state index in [4.69, 9.17) is 10.5 Å². The van der Waals surface area contributed by atoms with Gasteiger partial charge in [0.1, 0.15) is 22.8 Å². The number of allylic oxidation sites excluding steroid dienone is 1. The Morgan fingerprint density at radius 2 is 1.83 bits per heavy atom. The lowest BCUT2D eigenvalue weighted by atomic mass is 9.58. The van der Waals surface area contributed by atoms with E-state index in [0.717, 1.165) is 0 Å². The number of amides is 3. The predicted octanol–water partition coefficient (Wildman–Crippen LogP) is 0.225. The van der Waals surface area contributed by atoms with Crippen LogP contribution in [-0.2, 0) is 33.7 Å². The summed E-state index contributed by atoms with van der Waals surface area (Å²) in [5.41, 5.74) is 3.12. The molecule has 1 heterocycles. The Kier molecular flexibility index (Phi) is 7.54. The second-order valence-corrected chi connectivity index (χ2v) is 11.5. The molecule has 13 nitrogen and oxygen atoms in total. The fourth-order valence-electron chi connectivity index (χ4n) is 6.93. The molecule has 5 rings (SSSR count). The third-order valence-electron chi connectivity index (χ3n) is 9.00. The number of hydrogen-bond acceptors (Lipinski definition) is 10. The Balaban J connectivity index is 1.60. The van der Waals surface area contributed by atoms with Crippen molar-refractivity contribution in [2.75, 3.05) is 40.4 Å². The fraction of sp³-hybridized carbons (Fsp3) is 0.517. The number of ketones is 2. The number of hydrogen-bond donors (Lipinski definition) is 6. The summed E-state index contributed by atoms with van der Waals surface area (Å²) in [6.45, 7) is 3.64. The van der Waals surface area contributed by atoms with Crippen molar-refractivity contribution in [1.82, 2.24) is 15.1 Å². The number of primary amides is 1. The second-order valence-electron chi connectivity index (χ2n) is 11.5. The first-order valence-electron chi connectivity index (χ1n) is 14.0. The van der Waals surface area contributed by atoms with Gasteiger partial charge in [-0.3, -0.25) is 19.3 Å². The number of carbonyl (C=O) groups is 4. The number of phenolic OH excluding ortho intramolecular Hbond substituents is 1. The monoisotopic (exact) mass is 584 g/mol. The van der Waals surface area contributed by atoms with Gasteiger partial charge in [0.25, 0.3) is 5.91 Å². The van der Waals surface area contributed by atoms with E-state index in [1.807, 2.05) is 0 Å². The SMILES string of the molecule is CCc1cc(CNC(=O)N2CCOCC2)c2c(c1O)C(=O)C1=C(O)[C@]3(O)C(=O)C(C(N)=O)=C(O)[C@@H](N(C)C)[C@@H]3C[C@@H]1C2. The van der Waals surface area contributed by atoms with E-state index in [9.17, 15) is 39.6 Å². The predicted molar refractivity (Wildman–Crippen MR) is 148 cm³/mol. The van der Waals surface area contributed by atoms with E-state index >= 15 is 0 Å². The molecule has 0 bridgehead atoms. The summed E-state index contributed by atoms with van der Waals surface area (Å²) in [7, 11) is 3.15. The number of aliphatic hydroxyl groups is 3. The van der Waals surface area contributed by atoms with Crippen LogP contribution in [0.4, 0.5) is 4.79 Å². The molecule has 1 fully saturated rings. The van der Waals surface area contributed by atoms with E-state index < -0.39 is 58.0 Å². The molecule has 1 saturated heterocycles. The number of benzene rings is 1. The number of urea groups is 1. The van der Waals surface area contributed by atoms with Crippen molar-refractivity contribution in [2.24, 2.45) is 17.6 Å². The maximum Gasteiger partial charge on any atom is 0.317 e. The van der Waals surface area contributed by atoms with Crippen molar-refractivity contribution in [3.05, 3.63) is 51.0 Å². The lowest BCUT2D eigenvalue weighted by Crippen LogP contribution is -2.63. The first-order chi connectivity index (χ1) is 19.8. The maximum absolute atomic E-state index is 14.0. The molecule has 42 heavy (non-hydrogen) atoms. The number of nitrogens with one attached hydrogen (secondary N) is 1. The number of aryl methyl sites for hydroxylation is 1. The Hall–Kier alpha value is -3.94. The number of nitrogens with zero attached hydrogens (tertiary/aromatic N) is 2. The summed E-state index contributed by atoms with van der Waals surface area (Å²) in [5, 5.41) is 48.2. The number of ether oxygens (including phenoxy) is 1. The van der Waals surface area contributed by atoms with Crippen LogP contribution in [0, 0.1) is 11.8 Å². The summed E-state index contributed by atoms with van der Waals surface area (Å²) in [5.74, 6) is -6.93. The average Bonchev–Trinajstić information content (AvgIpc) is 2.94. The molecule has 7 N–H and O–H groups in total. The minimum Gasteiger partial charge on any atom is -0.510 e. The fourth-order valence-corrected chi connectivity index (χ4v) is 6.93. The number of nitrogens with two attached hydrogens (primary N) is 1. The van der Waals surface area contributed by atoms with Crippen LogP contribution in [0.25, 0.3) is 0 Å². The molecule has 226 valence electrons. The zero-order chi connectivity index (χ0) is 30.7. The van der Waals surface area contributed by atoms with E-state index in [0.29, 0.717) is 49.4 Å². The number of phenols is 1. The minimum atomic E-state index is -2.70. The van der Waals surface area contributed by atoms with Crippen LogP contribution >= 0.6 is 0 Å². The first kappa shape index (κ1) is 29.5. The smallest absolute Gasteiger partial charge is 0.317 e. The molecule has 4 atom stereocenters. The molecule has 3 amide bonds. The summed E-state index contributed by atoms with van der Waals surface area (Å²) in [4.78, 5) is 55.6. The molecule has 13 heteroatoms. The average molecular weight is 585 g/mol. The van der Waals surface area contributed by atoms with Gasteiger partial charge in [-0.1, -0.05) is 13.0 Å². The second kappa shape index (κ2) is 10.7. The number of Topliss-reactive ketones (excluding diaryl/α,β-unsaturated/α-hetero) is 2. The third kappa shape index (κ3) is 4.34. The van der Waals surface area contributed by atoms with Gasteiger partial charge in [-0.25, -0.2) is 4.79 Å². The molecular weight excluding hydrogens is 548 g/mol. The molecule has 0 unspecified atom stereocenters. The number of aromatic hydroxyl groups is 1. The Morgan fingerprint density at radius 3 is 2.43 bits per heavy atom. The highest BCUT2D eigenvalue weighted by atomic mass is 16.5. The standard InChI is InChI=1S/C29H36N4O9/c1-4-13-9-15(12-31-28(40)33-5-7-42-8-6-33)16-10-14-11-17-21(32(2)3)24(36)20(27(30)39)26(38)29(17,41)25(37)18(14)23(35)19(16)22(13)34/h9,14,17,21,34,36-37,41H,4-8,10-12H2,1-3H3,(H2,30,39)(H,31,40)/t14-,17-,21-,29-/m0/s1. The van der Waals surface area contributed by atoms with E-state index in [2.05, 4.69) is 5.32 Å². The van der Waals surface area contributed by atoms with Crippen LogP contribution < -0.4 is 11.1 Å². The van der Waals surface area contributed by atoms with Crippen molar-refractivity contribution in [1.29, 1.82) is 0 Å². The molecule has 1 aromatic rings. The molecule has 4 aliphatic rings. The minimum absolute atomic E-state index is 0.0123. The number of likely N-dealkylation sites (N-methyl/N-ethyl adjacent to an activating group) is 1. The Labute approximate surface area is 242 Å². The molecule has 0 aromatic heterocycles. The van der Waals surface area contributed by atoms with Gasteiger partial charge in [0.05, 0.1) is 24.8 Å². The van der Waals surface area contributed by atoms with Crippen molar-refractivity contribution in [3.8, 4) is 5.75 Å². The Bertz CT molecular complexity index is 1440. The highest BCUT2D eigenvalue weighted by molar-refractivity contribution is 6.24. The highest BCUT2D eigenvalue weighted by Gasteiger charge is 2.63. The summed E-state index contributed by atoms with van der Waals surface area (Å²) < 4.78 is 5.30.